The van der Waals surface area contributed by atoms with E-state index in [1.54, 1.807) is 7.11 Å². The van der Waals surface area contributed by atoms with E-state index in [0.717, 1.165) is 31.3 Å². The smallest absolute Gasteiger partial charge is 0.123 e. The van der Waals surface area contributed by atoms with Crippen LogP contribution in [0, 0.1) is 19.8 Å². The van der Waals surface area contributed by atoms with Crippen LogP contribution in [0.15, 0.2) is 12.1 Å². The van der Waals surface area contributed by atoms with Gasteiger partial charge in [-0.25, -0.2) is 0 Å². The summed E-state index contributed by atoms with van der Waals surface area (Å²) >= 11 is 0. The number of hydrogen-bond donors (Lipinski definition) is 1. The zero-order valence-corrected chi connectivity index (χ0v) is 12.6. The molecule has 2 rings (SSSR count). The fourth-order valence-corrected chi connectivity index (χ4v) is 2.83. The first kappa shape index (κ1) is 14.4. The number of ether oxygens (including phenoxy) is 1. The van der Waals surface area contributed by atoms with E-state index >= 15 is 0 Å². The third-order valence-electron chi connectivity index (χ3n) is 4.07. The van der Waals surface area contributed by atoms with Crippen LogP contribution in [0.2, 0.25) is 0 Å². The highest BCUT2D eigenvalue weighted by molar-refractivity contribution is 5.41. The summed E-state index contributed by atoms with van der Waals surface area (Å²) < 4.78 is 5.51. The first-order chi connectivity index (χ1) is 9.10. The lowest BCUT2D eigenvalue weighted by molar-refractivity contribution is 0.273. The molecule has 3 heteroatoms. The van der Waals surface area contributed by atoms with Gasteiger partial charge in [0, 0.05) is 18.7 Å². The van der Waals surface area contributed by atoms with E-state index in [-0.39, 0.29) is 0 Å². The third-order valence-corrected chi connectivity index (χ3v) is 4.07. The van der Waals surface area contributed by atoms with Gasteiger partial charge in [0.2, 0.25) is 0 Å². The molecule has 3 nitrogen and oxygen atoms in total. The average Bonchev–Trinajstić information content (AvgIpc) is 2.86. The van der Waals surface area contributed by atoms with Gasteiger partial charge in [0.05, 0.1) is 7.11 Å². The summed E-state index contributed by atoms with van der Waals surface area (Å²) in [6.45, 7) is 8.75. The van der Waals surface area contributed by atoms with Crippen LogP contribution in [-0.2, 0) is 6.54 Å². The number of benzene rings is 1. The Morgan fingerprint density at radius 3 is 2.68 bits per heavy atom. The predicted molar refractivity (Wildman–Crippen MR) is 79.8 cm³/mol. The summed E-state index contributed by atoms with van der Waals surface area (Å²) in [5, 5.41) is 3.43. The van der Waals surface area contributed by atoms with Crippen molar-refractivity contribution < 1.29 is 4.74 Å². The molecule has 1 unspecified atom stereocenters. The number of rotatable bonds is 5. The molecule has 1 N–H and O–H groups in total. The van der Waals surface area contributed by atoms with E-state index in [9.17, 15) is 0 Å². The highest BCUT2D eigenvalue weighted by atomic mass is 16.5. The molecule has 1 aliphatic rings. The molecule has 0 bridgehead atoms. The molecule has 0 aromatic heterocycles. The highest BCUT2D eigenvalue weighted by Crippen LogP contribution is 2.24. The van der Waals surface area contributed by atoms with E-state index in [1.807, 2.05) is 0 Å². The maximum absolute atomic E-state index is 5.51. The first-order valence-electron chi connectivity index (χ1n) is 7.13. The summed E-state index contributed by atoms with van der Waals surface area (Å²) in [5.74, 6) is 1.81. The number of aryl methyl sites for hydroxylation is 2. The molecule has 1 aromatic rings. The van der Waals surface area contributed by atoms with Gasteiger partial charge in [-0.1, -0.05) is 6.07 Å². The van der Waals surface area contributed by atoms with E-state index < -0.39 is 0 Å². The van der Waals surface area contributed by atoms with Crippen molar-refractivity contribution >= 4 is 0 Å². The number of hydrogen-bond acceptors (Lipinski definition) is 3. The van der Waals surface area contributed by atoms with Crippen molar-refractivity contribution in [3.63, 3.8) is 0 Å². The maximum Gasteiger partial charge on any atom is 0.123 e. The van der Waals surface area contributed by atoms with Gasteiger partial charge >= 0.3 is 0 Å². The summed E-state index contributed by atoms with van der Waals surface area (Å²) in [4.78, 5) is 2.41. The quantitative estimate of drug-likeness (QED) is 0.881. The Bertz CT molecular complexity index is 425. The second-order valence-electron chi connectivity index (χ2n) is 5.80. The van der Waals surface area contributed by atoms with Crippen molar-refractivity contribution in [2.45, 2.75) is 26.8 Å². The Morgan fingerprint density at radius 2 is 2.05 bits per heavy atom. The second kappa shape index (κ2) is 6.40. The molecule has 1 saturated heterocycles. The van der Waals surface area contributed by atoms with Crippen molar-refractivity contribution in [1.29, 1.82) is 0 Å². The summed E-state index contributed by atoms with van der Waals surface area (Å²) in [5.41, 5.74) is 3.93. The Morgan fingerprint density at radius 1 is 1.32 bits per heavy atom. The molecule has 0 amide bonds. The van der Waals surface area contributed by atoms with Crippen LogP contribution in [0.3, 0.4) is 0 Å². The minimum Gasteiger partial charge on any atom is -0.496 e. The van der Waals surface area contributed by atoms with Crippen LogP contribution >= 0.6 is 0 Å². The fraction of sp³-hybridized carbons (Fsp3) is 0.625. The van der Waals surface area contributed by atoms with Crippen LogP contribution in [0.4, 0.5) is 0 Å². The number of methoxy groups -OCH3 is 1. The summed E-state index contributed by atoms with van der Waals surface area (Å²) in [6.07, 6.45) is 1.30. The maximum atomic E-state index is 5.51. The molecule has 0 spiro atoms. The topological polar surface area (TPSA) is 24.5 Å². The molecular formula is C16H26N2O. The van der Waals surface area contributed by atoms with E-state index in [1.165, 1.54) is 29.7 Å². The van der Waals surface area contributed by atoms with Crippen LogP contribution in [0.1, 0.15) is 23.1 Å². The van der Waals surface area contributed by atoms with Gasteiger partial charge < -0.3 is 15.0 Å². The zero-order chi connectivity index (χ0) is 13.8. The monoisotopic (exact) mass is 262 g/mol. The predicted octanol–water partition coefficient (Wildman–Crippen LogP) is 2.35. The normalized spacial score (nSPS) is 19.1. The Hall–Kier alpha value is -1.06. The zero-order valence-electron chi connectivity index (χ0n) is 12.6. The Balaban J connectivity index is 2.02. The molecule has 0 saturated carbocycles. The number of nitrogens with zero attached hydrogens (tertiary/aromatic N) is 1. The second-order valence-corrected chi connectivity index (χ2v) is 5.80. The lowest BCUT2D eigenvalue weighted by Crippen LogP contribution is -2.26. The highest BCUT2D eigenvalue weighted by Gasteiger charge is 2.17. The van der Waals surface area contributed by atoms with Crippen LogP contribution in [0.5, 0.6) is 5.75 Å². The van der Waals surface area contributed by atoms with Crippen molar-refractivity contribution in [3.05, 3.63) is 28.8 Å². The van der Waals surface area contributed by atoms with Gasteiger partial charge in [0.25, 0.3) is 0 Å². The fourth-order valence-electron chi connectivity index (χ4n) is 2.83. The summed E-state index contributed by atoms with van der Waals surface area (Å²) in [6, 6.07) is 4.41. The van der Waals surface area contributed by atoms with Crippen LogP contribution < -0.4 is 10.1 Å². The van der Waals surface area contributed by atoms with E-state index in [2.05, 4.69) is 43.2 Å². The standard InChI is InChI=1S/C16H26N2O/c1-12-7-15(16(19-4)8-13(12)2)11-18(3)10-14-5-6-17-9-14/h7-8,14,17H,5-6,9-11H2,1-4H3. The van der Waals surface area contributed by atoms with E-state index in [0.29, 0.717) is 0 Å². The molecule has 1 aliphatic heterocycles. The van der Waals surface area contributed by atoms with Gasteiger partial charge in [-0.05, 0) is 63.5 Å². The lowest BCUT2D eigenvalue weighted by Gasteiger charge is -2.22. The summed E-state index contributed by atoms with van der Waals surface area (Å²) in [7, 11) is 3.96. The largest absolute Gasteiger partial charge is 0.496 e. The molecule has 0 radical (unpaired) electrons. The van der Waals surface area contributed by atoms with Crippen molar-refractivity contribution in [2.75, 3.05) is 33.8 Å². The first-order valence-corrected chi connectivity index (χ1v) is 7.13. The van der Waals surface area contributed by atoms with Crippen molar-refractivity contribution in [2.24, 2.45) is 5.92 Å². The molecule has 1 aromatic carbocycles. The van der Waals surface area contributed by atoms with Crippen molar-refractivity contribution in [1.82, 2.24) is 10.2 Å². The van der Waals surface area contributed by atoms with Crippen LogP contribution in [-0.4, -0.2) is 38.7 Å². The molecular weight excluding hydrogens is 236 g/mol. The molecule has 1 heterocycles. The van der Waals surface area contributed by atoms with Gasteiger partial charge in [0.15, 0.2) is 0 Å². The minimum atomic E-state index is 0.794. The van der Waals surface area contributed by atoms with Gasteiger partial charge in [-0.15, -0.1) is 0 Å². The van der Waals surface area contributed by atoms with E-state index in [4.69, 9.17) is 4.74 Å². The molecule has 19 heavy (non-hydrogen) atoms. The third kappa shape index (κ3) is 3.71. The van der Waals surface area contributed by atoms with Crippen molar-refractivity contribution in [3.8, 4) is 5.75 Å². The van der Waals surface area contributed by atoms with Gasteiger partial charge in [-0.3, -0.25) is 0 Å². The van der Waals surface area contributed by atoms with Crippen LogP contribution in [0.25, 0.3) is 0 Å². The lowest BCUT2D eigenvalue weighted by atomic mass is 10.0. The van der Waals surface area contributed by atoms with Gasteiger partial charge in [-0.2, -0.15) is 0 Å². The Kier molecular flexibility index (Phi) is 4.83. The molecule has 106 valence electrons. The van der Waals surface area contributed by atoms with Gasteiger partial charge in [0.1, 0.15) is 5.75 Å². The average molecular weight is 262 g/mol. The minimum absolute atomic E-state index is 0.794. The molecule has 1 fully saturated rings. The molecule has 0 aliphatic carbocycles. The Labute approximate surface area is 116 Å². The SMILES string of the molecule is COc1cc(C)c(C)cc1CN(C)CC1CCNC1. The molecule has 1 atom stereocenters. The number of nitrogens with one attached hydrogen (secondary N) is 1.